The van der Waals surface area contributed by atoms with Crippen LogP contribution in [0.1, 0.15) is 67.0 Å². The predicted octanol–water partition coefficient (Wildman–Crippen LogP) is 5.77. The molecule has 0 aliphatic carbocycles. The normalized spacial score (nSPS) is 18.7. The molecule has 12 nitrogen and oxygen atoms in total. The SMILES string of the molecule is CCOc1ccc2c(c1)CC(NCCCCO)C(=O)N2c1ccc2c(c1)[C@](O)([C@@H](C)/C=C/CCn1cc(C(CO)c3ccccc3)nn1)C(=O)N2Cc1ccccc1. The van der Waals surface area contributed by atoms with Crippen LogP contribution in [0.25, 0.3) is 0 Å². The molecule has 0 saturated carbocycles. The van der Waals surface area contributed by atoms with Gasteiger partial charge in [-0.2, -0.15) is 0 Å². The molecule has 1 aromatic heterocycles. The molecular weight excluding hydrogens is 733 g/mol. The van der Waals surface area contributed by atoms with E-state index in [4.69, 9.17) is 4.74 Å². The summed E-state index contributed by atoms with van der Waals surface area (Å²) in [6, 6.07) is 30.0. The Morgan fingerprint density at radius 1 is 0.966 bits per heavy atom. The van der Waals surface area contributed by atoms with Gasteiger partial charge in [0.15, 0.2) is 5.60 Å². The average molecular weight is 785 g/mol. The Bertz CT molecular complexity index is 2210. The number of hydrogen-bond donors (Lipinski definition) is 4. The van der Waals surface area contributed by atoms with Crippen LogP contribution >= 0.6 is 0 Å². The fourth-order valence-corrected chi connectivity index (χ4v) is 8.00. The van der Waals surface area contributed by atoms with Crippen molar-refractivity contribution in [1.82, 2.24) is 20.3 Å². The van der Waals surface area contributed by atoms with Crippen LogP contribution in [-0.4, -0.2) is 74.5 Å². The summed E-state index contributed by atoms with van der Waals surface area (Å²) in [5.41, 5.74) is 3.83. The third kappa shape index (κ3) is 8.32. The summed E-state index contributed by atoms with van der Waals surface area (Å²) in [7, 11) is 0. The van der Waals surface area contributed by atoms with Gasteiger partial charge in [0.25, 0.3) is 5.91 Å². The van der Waals surface area contributed by atoms with E-state index < -0.39 is 23.5 Å². The predicted molar refractivity (Wildman–Crippen MR) is 223 cm³/mol. The second-order valence-electron chi connectivity index (χ2n) is 14.9. The highest BCUT2D eigenvalue weighted by Gasteiger charge is 2.53. The van der Waals surface area contributed by atoms with Gasteiger partial charge in [-0.3, -0.25) is 19.2 Å². The van der Waals surface area contributed by atoms with Crippen molar-refractivity contribution in [2.45, 2.75) is 70.2 Å². The van der Waals surface area contributed by atoms with Gasteiger partial charge in [-0.1, -0.05) is 85.0 Å². The van der Waals surface area contributed by atoms with Crippen molar-refractivity contribution >= 4 is 28.9 Å². The first-order valence-electron chi connectivity index (χ1n) is 20.2. The molecule has 12 heteroatoms. The van der Waals surface area contributed by atoms with Gasteiger partial charge in [-0.25, -0.2) is 0 Å². The fraction of sp³-hybridized carbons (Fsp3) is 0.348. The molecule has 3 heterocycles. The lowest BCUT2D eigenvalue weighted by atomic mass is 9.82. The van der Waals surface area contributed by atoms with Crippen molar-refractivity contribution in [3.05, 3.63) is 143 Å². The summed E-state index contributed by atoms with van der Waals surface area (Å²) in [5, 5.41) is 44.1. The number of fused-ring (bicyclic) bond motifs is 2. The van der Waals surface area contributed by atoms with E-state index in [1.54, 1.807) is 20.5 Å². The van der Waals surface area contributed by atoms with E-state index in [2.05, 4.69) is 15.6 Å². The minimum Gasteiger partial charge on any atom is -0.494 e. The molecule has 0 bridgehead atoms. The largest absolute Gasteiger partial charge is 0.494 e. The molecule has 2 unspecified atom stereocenters. The molecule has 4 atom stereocenters. The molecule has 4 aromatic carbocycles. The molecule has 0 fully saturated rings. The maximum absolute atomic E-state index is 14.5. The van der Waals surface area contributed by atoms with Gasteiger partial charge in [0.05, 0.1) is 48.8 Å². The van der Waals surface area contributed by atoms with Gasteiger partial charge >= 0.3 is 0 Å². The number of aliphatic hydroxyl groups excluding tert-OH is 2. The van der Waals surface area contributed by atoms with Crippen LogP contribution < -0.4 is 19.9 Å². The summed E-state index contributed by atoms with van der Waals surface area (Å²) in [4.78, 5) is 32.2. The van der Waals surface area contributed by atoms with Gasteiger partial charge in [0, 0.05) is 36.5 Å². The summed E-state index contributed by atoms with van der Waals surface area (Å²) < 4.78 is 7.55. The van der Waals surface area contributed by atoms with E-state index >= 15 is 0 Å². The van der Waals surface area contributed by atoms with Crippen LogP contribution in [0.2, 0.25) is 0 Å². The van der Waals surface area contributed by atoms with Crippen LogP contribution in [0.5, 0.6) is 5.75 Å². The molecule has 4 N–H and O–H groups in total. The zero-order valence-corrected chi connectivity index (χ0v) is 33.1. The molecule has 2 amide bonds. The third-order valence-corrected chi connectivity index (χ3v) is 11.1. The lowest BCUT2D eigenvalue weighted by Crippen LogP contribution is -2.49. The molecule has 7 rings (SSSR count). The average Bonchev–Trinajstić information content (AvgIpc) is 3.79. The number of rotatable bonds is 18. The number of carbonyl (C=O) groups excluding carboxylic acids is 2. The molecule has 5 aromatic rings. The van der Waals surface area contributed by atoms with Gasteiger partial charge in [-0.15, -0.1) is 5.10 Å². The molecule has 2 aliphatic heterocycles. The van der Waals surface area contributed by atoms with Gasteiger partial charge < -0.3 is 30.3 Å². The molecule has 302 valence electrons. The van der Waals surface area contributed by atoms with E-state index in [-0.39, 0.29) is 31.6 Å². The quantitative estimate of drug-likeness (QED) is 0.0641. The standard InChI is InChI=1S/C46H52N6O6/c1-3-58-37-20-22-42-35(26-37)27-40(47-23-11-13-25-53)44(55)52(42)36-19-21-43-39(28-36)46(57,45(56)51(43)29-33-15-6-4-7-16-33)32(2)14-10-12-24-50-30-41(48-49-50)38(31-54)34-17-8-5-9-18-34/h4-10,14-22,26,28,30,32,38,40,47,53-54,57H,3,11-13,23-25,27,29,31H2,1-2H3/b14-10+/t32-,38?,40?,46+/m0/s1. The highest BCUT2D eigenvalue weighted by atomic mass is 16.5. The van der Waals surface area contributed by atoms with Crippen molar-refractivity contribution in [1.29, 1.82) is 0 Å². The van der Waals surface area contributed by atoms with Crippen molar-refractivity contribution in [2.75, 3.05) is 36.2 Å². The van der Waals surface area contributed by atoms with Crippen LogP contribution in [0.15, 0.2) is 115 Å². The number of benzene rings is 4. The molecule has 58 heavy (non-hydrogen) atoms. The third-order valence-electron chi connectivity index (χ3n) is 11.1. The maximum Gasteiger partial charge on any atom is 0.264 e. The number of amides is 2. The topological polar surface area (TPSA) is 153 Å². The van der Waals surface area contributed by atoms with Crippen molar-refractivity contribution in [2.24, 2.45) is 5.92 Å². The minimum absolute atomic E-state index is 0.0856. The Hall–Kier alpha value is -5.66. The second-order valence-corrected chi connectivity index (χ2v) is 14.9. The number of aliphatic hydroxyl groups is 3. The first kappa shape index (κ1) is 40.5. The van der Waals surface area contributed by atoms with E-state index in [9.17, 15) is 24.9 Å². The fourth-order valence-electron chi connectivity index (χ4n) is 8.00. The number of nitrogens with zero attached hydrogens (tertiary/aromatic N) is 5. The number of allylic oxidation sites excluding steroid dienone is 1. The number of unbranched alkanes of at least 4 members (excludes halogenated alkanes) is 1. The van der Waals surface area contributed by atoms with E-state index in [0.717, 1.165) is 23.1 Å². The van der Waals surface area contributed by atoms with Crippen LogP contribution in [-0.2, 0) is 34.7 Å². The van der Waals surface area contributed by atoms with Crippen molar-refractivity contribution in [3.63, 3.8) is 0 Å². The molecule has 2 aliphatic rings. The molecular formula is C46H52N6O6. The smallest absolute Gasteiger partial charge is 0.264 e. The number of aryl methyl sites for hydroxylation is 1. The van der Waals surface area contributed by atoms with Crippen LogP contribution in [0, 0.1) is 5.92 Å². The molecule has 0 radical (unpaired) electrons. The Balaban J connectivity index is 1.18. The number of nitrogens with one attached hydrogen (secondary N) is 1. The highest BCUT2D eigenvalue weighted by molar-refractivity contribution is 6.10. The Kier molecular flexibility index (Phi) is 12.8. The van der Waals surface area contributed by atoms with Gasteiger partial charge in [-0.05, 0) is 92.2 Å². The monoisotopic (exact) mass is 784 g/mol. The lowest BCUT2D eigenvalue weighted by molar-refractivity contribution is -0.139. The van der Waals surface area contributed by atoms with Gasteiger partial charge in [0.1, 0.15) is 5.75 Å². The number of hydrogen-bond acceptors (Lipinski definition) is 9. The Morgan fingerprint density at radius 2 is 1.72 bits per heavy atom. The first-order chi connectivity index (χ1) is 28.3. The zero-order valence-electron chi connectivity index (χ0n) is 33.1. The van der Waals surface area contributed by atoms with Gasteiger partial charge in [0.2, 0.25) is 5.91 Å². The Morgan fingerprint density at radius 3 is 2.47 bits per heavy atom. The van der Waals surface area contributed by atoms with Crippen molar-refractivity contribution in [3.8, 4) is 5.75 Å². The number of ether oxygens (including phenoxy) is 1. The molecule has 0 saturated heterocycles. The summed E-state index contributed by atoms with van der Waals surface area (Å²) in [6.07, 6.45) is 8.02. The minimum atomic E-state index is -1.93. The summed E-state index contributed by atoms with van der Waals surface area (Å²) in [6.45, 7) is 5.61. The maximum atomic E-state index is 14.5. The van der Waals surface area contributed by atoms with Crippen molar-refractivity contribution < 1.29 is 29.6 Å². The van der Waals surface area contributed by atoms with E-state index in [1.165, 1.54) is 0 Å². The summed E-state index contributed by atoms with van der Waals surface area (Å²) in [5.74, 6) is -0.791. The van der Waals surface area contributed by atoms with Crippen LogP contribution in [0.4, 0.5) is 17.1 Å². The molecule has 0 spiro atoms. The van der Waals surface area contributed by atoms with Crippen LogP contribution in [0.3, 0.4) is 0 Å². The number of anilines is 3. The van der Waals surface area contributed by atoms with E-state index in [0.29, 0.717) is 73.0 Å². The highest BCUT2D eigenvalue weighted by Crippen LogP contribution is 2.48. The Labute approximate surface area is 339 Å². The first-order valence-corrected chi connectivity index (χ1v) is 20.2. The second kappa shape index (κ2) is 18.3. The zero-order chi connectivity index (χ0) is 40.6. The van der Waals surface area contributed by atoms with E-state index in [1.807, 2.05) is 123 Å². The number of carbonyl (C=O) groups is 2. The lowest BCUT2D eigenvalue weighted by Gasteiger charge is -2.35. The summed E-state index contributed by atoms with van der Waals surface area (Å²) >= 11 is 0. The number of aromatic nitrogens is 3.